The van der Waals surface area contributed by atoms with Crippen molar-refractivity contribution in [1.82, 2.24) is 10.6 Å². The van der Waals surface area contributed by atoms with E-state index in [1.54, 1.807) is 33.0 Å². The van der Waals surface area contributed by atoms with E-state index in [1.807, 2.05) is 6.92 Å². The van der Waals surface area contributed by atoms with Gasteiger partial charge in [0.15, 0.2) is 0 Å². The Morgan fingerprint density at radius 3 is 2.53 bits per heavy atom. The van der Waals surface area contributed by atoms with Crippen molar-refractivity contribution in [2.45, 2.75) is 32.9 Å². The van der Waals surface area contributed by atoms with Gasteiger partial charge >= 0.3 is 0 Å². The van der Waals surface area contributed by atoms with Crippen molar-refractivity contribution in [1.29, 1.82) is 0 Å². The average Bonchev–Trinajstić information content (AvgIpc) is 2.31. The number of likely N-dealkylation sites (N-methyl/N-ethyl adjacent to an activating group) is 1. The number of carbonyl (C=O) groups excluding carboxylic acids is 1. The molecule has 1 aromatic rings. The monoisotopic (exact) mass is 238 g/mol. The number of benzene rings is 1. The van der Waals surface area contributed by atoms with Crippen molar-refractivity contribution in [2.24, 2.45) is 0 Å². The summed E-state index contributed by atoms with van der Waals surface area (Å²) in [7, 11) is 1.60. The second-order valence-corrected chi connectivity index (χ2v) is 4.23. The van der Waals surface area contributed by atoms with Crippen LogP contribution < -0.4 is 10.6 Å². The lowest BCUT2D eigenvalue weighted by molar-refractivity contribution is -0.122. The van der Waals surface area contributed by atoms with E-state index in [0.717, 1.165) is 5.56 Å². The zero-order valence-electron chi connectivity index (χ0n) is 10.7. The summed E-state index contributed by atoms with van der Waals surface area (Å²) in [4.78, 5) is 11.4. The summed E-state index contributed by atoms with van der Waals surface area (Å²) in [6.07, 6.45) is 0. The second-order valence-electron chi connectivity index (χ2n) is 4.23. The molecule has 1 rings (SSSR count). The molecular weight excluding hydrogens is 219 g/mol. The van der Waals surface area contributed by atoms with Crippen LogP contribution >= 0.6 is 0 Å². The Morgan fingerprint density at radius 1 is 1.35 bits per heavy atom. The summed E-state index contributed by atoms with van der Waals surface area (Å²) >= 11 is 0. The molecule has 2 N–H and O–H groups in total. The summed E-state index contributed by atoms with van der Waals surface area (Å²) in [5, 5.41) is 5.74. The van der Waals surface area contributed by atoms with Crippen LogP contribution in [0.15, 0.2) is 18.2 Å². The Labute approximate surface area is 101 Å². The fraction of sp³-hybridized carbons (Fsp3) is 0.462. The minimum absolute atomic E-state index is 0.00148. The van der Waals surface area contributed by atoms with Gasteiger partial charge in [0.05, 0.1) is 6.04 Å². The molecule has 3 nitrogen and oxygen atoms in total. The van der Waals surface area contributed by atoms with Gasteiger partial charge in [-0.25, -0.2) is 4.39 Å². The maximum absolute atomic E-state index is 13.1. The van der Waals surface area contributed by atoms with E-state index in [4.69, 9.17) is 0 Å². The summed E-state index contributed by atoms with van der Waals surface area (Å²) < 4.78 is 13.1. The molecule has 17 heavy (non-hydrogen) atoms. The molecule has 0 saturated carbocycles. The third-order valence-electron chi connectivity index (χ3n) is 2.82. The lowest BCUT2D eigenvalue weighted by Gasteiger charge is -2.19. The van der Waals surface area contributed by atoms with Gasteiger partial charge in [0.25, 0.3) is 0 Å². The highest BCUT2D eigenvalue weighted by Crippen LogP contribution is 2.16. The lowest BCUT2D eigenvalue weighted by atomic mass is 10.0. The number of nitrogens with one attached hydrogen (secondary N) is 2. The van der Waals surface area contributed by atoms with Crippen LogP contribution in [0.25, 0.3) is 0 Å². The quantitative estimate of drug-likeness (QED) is 0.841. The van der Waals surface area contributed by atoms with Crippen molar-refractivity contribution >= 4 is 5.91 Å². The van der Waals surface area contributed by atoms with Crippen LogP contribution in [0.5, 0.6) is 0 Å². The predicted molar refractivity (Wildman–Crippen MR) is 66.2 cm³/mol. The SMILES string of the molecule is CNC(=O)[C@H](C)N[C@H](C)c1ccc(F)c(C)c1. The molecule has 2 atom stereocenters. The van der Waals surface area contributed by atoms with Crippen molar-refractivity contribution < 1.29 is 9.18 Å². The largest absolute Gasteiger partial charge is 0.358 e. The van der Waals surface area contributed by atoms with Crippen molar-refractivity contribution in [3.63, 3.8) is 0 Å². The summed E-state index contributed by atoms with van der Waals surface area (Å²) in [6, 6.07) is 4.70. The Balaban J connectivity index is 2.72. The number of carbonyl (C=O) groups is 1. The first kappa shape index (κ1) is 13.6. The number of rotatable bonds is 4. The molecular formula is C13H19FN2O. The molecule has 0 aliphatic rings. The fourth-order valence-electron chi connectivity index (χ4n) is 1.70. The third-order valence-corrected chi connectivity index (χ3v) is 2.82. The first-order chi connectivity index (χ1) is 7.95. The molecule has 0 heterocycles. The van der Waals surface area contributed by atoms with E-state index in [-0.39, 0.29) is 23.8 Å². The van der Waals surface area contributed by atoms with E-state index in [1.165, 1.54) is 6.07 Å². The number of hydrogen-bond acceptors (Lipinski definition) is 2. The molecule has 0 aliphatic heterocycles. The van der Waals surface area contributed by atoms with E-state index >= 15 is 0 Å². The molecule has 1 amide bonds. The van der Waals surface area contributed by atoms with Gasteiger partial charge in [-0.05, 0) is 38.0 Å². The van der Waals surface area contributed by atoms with Gasteiger partial charge in [-0.15, -0.1) is 0 Å². The van der Waals surface area contributed by atoms with Crippen LogP contribution in [-0.4, -0.2) is 19.0 Å². The first-order valence-electron chi connectivity index (χ1n) is 5.69. The van der Waals surface area contributed by atoms with E-state index in [9.17, 15) is 9.18 Å². The van der Waals surface area contributed by atoms with Crippen LogP contribution in [0.2, 0.25) is 0 Å². The zero-order chi connectivity index (χ0) is 13.0. The van der Waals surface area contributed by atoms with Gasteiger partial charge in [0.1, 0.15) is 5.82 Å². The standard InChI is InChI=1S/C13H19FN2O/c1-8-7-11(5-6-12(8)14)9(2)16-10(3)13(17)15-4/h5-7,9-10,16H,1-4H3,(H,15,17)/t9-,10+/m1/s1. The highest BCUT2D eigenvalue weighted by Gasteiger charge is 2.15. The third kappa shape index (κ3) is 3.53. The minimum atomic E-state index is -0.277. The van der Waals surface area contributed by atoms with Gasteiger partial charge in [-0.1, -0.05) is 12.1 Å². The Morgan fingerprint density at radius 2 is 2.00 bits per heavy atom. The van der Waals surface area contributed by atoms with Crippen molar-refractivity contribution in [2.75, 3.05) is 7.05 Å². The highest BCUT2D eigenvalue weighted by atomic mass is 19.1. The van der Waals surface area contributed by atoms with E-state index in [2.05, 4.69) is 10.6 Å². The van der Waals surface area contributed by atoms with Crippen molar-refractivity contribution in [3.05, 3.63) is 35.1 Å². The van der Waals surface area contributed by atoms with Crippen LogP contribution in [0, 0.1) is 12.7 Å². The van der Waals surface area contributed by atoms with Crippen LogP contribution in [-0.2, 0) is 4.79 Å². The smallest absolute Gasteiger partial charge is 0.236 e. The first-order valence-corrected chi connectivity index (χ1v) is 5.69. The molecule has 0 spiro atoms. The van der Waals surface area contributed by atoms with Gasteiger partial charge in [-0.3, -0.25) is 10.1 Å². The Bertz CT molecular complexity index is 406. The van der Waals surface area contributed by atoms with Crippen molar-refractivity contribution in [3.8, 4) is 0 Å². The number of amides is 1. The summed E-state index contributed by atoms with van der Waals surface area (Å²) in [5.41, 5.74) is 1.59. The predicted octanol–water partition coefficient (Wildman–Crippen LogP) is 1.92. The molecule has 0 radical (unpaired) electrons. The Kier molecular flexibility index (Phi) is 4.63. The molecule has 0 saturated heterocycles. The van der Waals surface area contributed by atoms with Crippen LogP contribution in [0.1, 0.15) is 31.0 Å². The minimum Gasteiger partial charge on any atom is -0.358 e. The van der Waals surface area contributed by atoms with Crippen LogP contribution in [0.4, 0.5) is 4.39 Å². The summed E-state index contributed by atoms with van der Waals surface area (Å²) in [6.45, 7) is 5.48. The van der Waals surface area contributed by atoms with Gasteiger partial charge in [0.2, 0.25) is 5.91 Å². The maximum Gasteiger partial charge on any atom is 0.236 e. The average molecular weight is 238 g/mol. The highest BCUT2D eigenvalue weighted by molar-refractivity contribution is 5.80. The topological polar surface area (TPSA) is 41.1 Å². The van der Waals surface area contributed by atoms with E-state index < -0.39 is 0 Å². The second kappa shape index (κ2) is 5.77. The van der Waals surface area contributed by atoms with E-state index in [0.29, 0.717) is 5.56 Å². The fourth-order valence-corrected chi connectivity index (χ4v) is 1.70. The number of aryl methyl sites for hydroxylation is 1. The zero-order valence-corrected chi connectivity index (χ0v) is 10.7. The number of halogens is 1. The Hall–Kier alpha value is -1.42. The summed E-state index contributed by atoms with van der Waals surface area (Å²) in [5.74, 6) is -0.268. The molecule has 0 unspecified atom stereocenters. The normalized spacial score (nSPS) is 14.2. The van der Waals surface area contributed by atoms with Gasteiger partial charge in [-0.2, -0.15) is 0 Å². The lowest BCUT2D eigenvalue weighted by Crippen LogP contribution is -2.41. The molecule has 1 aromatic carbocycles. The molecule has 4 heteroatoms. The molecule has 0 aromatic heterocycles. The van der Waals surface area contributed by atoms with Gasteiger partial charge < -0.3 is 5.32 Å². The van der Waals surface area contributed by atoms with Gasteiger partial charge in [0, 0.05) is 13.1 Å². The number of hydrogen-bond donors (Lipinski definition) is 2. The molecule has 0 aliphatic carbocycles. The maximum atomic E-state index is 13.1. The molecule has 0 bridgehead atoms. The molecule has 0 fully saturated rings. The van der Waals surface area contributed by atoms with Crippen LogP contribution in [0.3, 0.4) is 0 Å². The molecule has 94 valence electrons.